The average Bonchev–Trinajstić information content (AvgIpc) is 2.92. The molecule has 1 aromatic carbocycles. The highest BCUT2D eigenvalue weighted by molar-refractivity contribution is 7.98. The van der Waals surface area contributed by atoms with Gasteiger partial charge in [-0.2, -0.15) is 14.9 Å². The molecule has 0 fully saturated rings. The Labute approximate surface area is 125 Å². The van der Waals surface area contributed by atoms with E-state index in [0.29, 0.717) is 16.9 Å². The first kappa shape index (κ1) is 13.5. The van der Waals surface area contributed by atoms with Crippen LogP contribution in [0.2, 0.25) is 0 Å². The summed E-state index contributed by atoms with van der Waals surface area (Å²) >= 11 is 1.44. The van der Waals surface area contributed by atoms with Gasteiger partial charge in [0.2, 0.25) is 5.88 Å². The van der Waals surface area contributed by atoms with Gasteiger partial charge in [-0.3, -0.25) is 0 Å². The summed E-state index contributed by atoms with van der Waals surface area (Å²) < 4.78 is 1.44. The fourth-order valence-electron chi connectivity index (χ4n) is 2.18. The van der Waals surface area contributed by atoms with Crippen LogP contribution in [0.5, 0.6) is 5.88 Å². The topological polar surface area (TPSA) is 74.2 Å². The van der Waals surface area contributed by atoms with Crippen LogP contribution >= 0.6 is 11.8 Å². The van der Waals surface area contributed by atoms with E-state index < -0.39 is 0 Å². The van der Waals surface area contributed by atoms with E-state index in [2.05, 4.69) is 16.2 Å². The van der Waals surface area contributed by atoms with Crippen molar-refractivity contribution in [2.45, 2.75) is 11.8 Å². The van der Waals surface area contributed by atoms with E-state index in [1.807, 2.05) is 31.4 Å². The Morgan fingerprint density at radius 1 is 1.29 bits per heavy atom. The summed E-state index contributed by atoms with van der Waals surface area (Å²) in [5.74, 6) is 0.102. The highest BCUT2D eigenvalue weighted by atomic mass is 32.2. The maximum absolute atomic E-state index is 10.3. The Balaban J connectivity index is 2.17. The van der Waals surface area contributed by atoms with Crippen molar-refractivity contribution in [3.63, 3.8) is 0 Å². The highest BCUT2D eigenvalue weighted by Gasteiger charge is 2.14. The third kappa shape index (κ3) is 2.22. The Bertz CT molecular complexity index is 862. The molecule has 0 spiro atoms. The smallest absolute Gasteiger partial charge is 0.229 e. The molecule has 1 N–H and O–H groups in total. The number of thioether (sulfide) groups is 1. The van der Waals surface area contributed by atoms with Gasteiger partial charge in [0.15, 0.2) is 5.65 Å². The van der Waals surface area contributed by atoms with Gasteiger partial charge >= 0.3 is 0 Å². The maximum atomic E-state index is 10.3. The zero-order valence-corrected chi connectivity index (χ0v) is 12.3. The summed E-state index contributed by atoms with van der Waals surface area (Å²) in [5, 5.41) is 23.5. The van der Waals surface area contributed by atoms with E-state index in [-0.39, 0.29) is 5.88 Å². The average molecular weight is 296 g/mol. The summed E-state index contributed by atoms with van der Waals surface area (Å²) in [5.41, 5.74) is 3.56. The van der Waals surface area contributed by atoms with Crippen LogP contribution in [0.15, 0.2) is 35.2 Å². The number of hydrogen-bond acceptors (Lipinski definition) is 5. The molecule has 0 unspecified atom stereocenters. The molecule has 2 aromatic heterocycles. The van der Waals surface area contributed by atoms with Crippen LogP contribution in [0, 0.1) is 18.3 Å². The summed E-state index contributed by atoms with van der Waals surface area (Å²) in [6, 6.07) is 11.0. The van der Waals surface area contributed by atoms with Crippen molar-refractivity contribution in [3.8, 4) is 23.2 Å². The van der Waals surface area contributed by atoms with Crippen LogP contribution in [-0.2, 0) is 0 Å². The number of benzene rings is 1. The van der Waals surface area contributed by atoms with Gasteiger partial charge in [-0.25, -0.2) is 4.98 Å². The molecule has 3 rings (SSSR count). The lowest BCUT2D eigenvalue weighted by atomic mass is 10.1. The van der Waals surface area contributed by atoms with Gasteiger partial charge in [0.05, 0.1) is 27.9 Å². The van der Waals surface area contributed by atoms with Crippen molar-refractivity contribution >= 4 is 17.4 Å². The van der Waals surface area contributed by atoms with Crippen LogP contribution in [0.25, 0.3) is 16.9 Å². The number of nitrogens with zero attached hydrogens (tertiary/aromatic N) is 4. The number of fused-ring (bicyclic) bond motifs is 1. The quantitative estimate of drug-likeness (QED) is 0.736. The Morgan fingerprint density at radius 2 is 2.00 bits per heavy atom. The van der Waals surface area contributed by atoms with Gasteiger partial charge in [0.1, 0.15) is 0 Å². The SMILES string of the molecule is CSc1c(C)nc2cc(-c3ccc(C#N)cc3)nn2c1O. The molecule has 0 radical (unpaired) electrons. The minimum absolute atomic E-state index is 0.102. The predicted molar refractivity (Wildman–Crippen MR) is 81.3 cm³/mol. The fourth-order valence-corrected chi connectivity index (χ4v) is 2.79. The standard InChI is InChI=1S/C15H12N4OS/c1-9-14(21-2)15(20)19-13(17-9)7-12(18-19)11-5-3-10(8-16)4-6-11/h3-7,20H,1-2H3. The normalized spacial score (nSPS) is 10.7. The second-order valence-corrected chi connectivity index (χ2v) is 5.36. The van der Waals surface area contributed by atoms with Gasteiger partial charge in [0.25, 0.3) is 0 Å². The van der Waals surface area contributed by atoms with Crippen molar-refractivity contribution < 1.29 is 5.11 Å². The molecule has 104 valence electrons. The second kappa shape index (κ2) is 5.11. The van der Waals surface area contributed by atoms with Crippen molar-refractivity contribution in [3.05, 3.63) is 41.6 Å². The van der Waals surface area contributed by atoms with E-state index in [9.17, 15) is 5.11 Å². The van der Waals surface area contributed by atoms with Gasteiger partial charge in [-0.15, -0.1) is 11.8 Å². The first-order valence-corrected chi connectivity index (χ1v) is 7.50. The Morgan fingerprint density at radius 3 is 2.62 bits per heavy atom. The maximum Gasteiger partial charge on any atom is 0.229 e. The summed E-state index contributed by atoms with van der Waals surface area (Å²) in [7, 11) is 0. The lowest BCUT2D eigenvalue weighted by Crippen LogP contribution is -1.96. The van der Waals surface area contributed by atoms with Crippen molar-refractivity contribution in [2.24, 2.45) is 0 Å². The molecule has 0 bridgehead atoms. The number of nitriles is 1. The summed E-state index contributed by atoms with van der Waals surface area (Å²) in [6.07, 6.45) is 1.89. The van der Waals surface area contributed by atoms with Crippen LogP contribution in [0.3, 0.4) is 0 Å². The molecule has 0 amide bonds. The highest BCUT2D eigenvalue weighted by Crippen LogP contribution is 2.31. The molecule has 0 atom stereocenters. The van der Waals surface area contributed by atoms with Crippen molar-refractivity contribution in [1.29, 1.82) is 5.26 Å². The molecule has 0 aliphatic carbocycles. The summed E-state index contributed by atoms with van der Waals surface area (Å²) in [4.78, 5) is 5.17. The lowest BCUT2D eigenvalue weighted by Gasteiger charge is -2.05. The number of rotatable bonds is 2. The van der Waals surface area contributed by atoms with Crippen LogP contribution in [0.4, 0.5) is 0 Å². The van der Waals surface area contributed by atoms with E-state index in [1.165, 1.54) is 16.3 Å². The first-order chi connectivity index (χ1) is 10.1. The molecular weight excluding hydrogens is 284 g/mol. The number of aromatic hydroxyl groups is 1. The van der Waals surface area contributed by atoms with Crippen LogP contribution in [-0.4, -0.2) is 26.0 Å². The molecule has 0 saturated carbocycles. The monoisotopic (exact) mass is 296 g/mol. The molecule has 0 aliphatic heterocycles. The lowest BCUT2D eigenvalue weighted by molar-refractivity contribution is 0.420. The van der Waals surface area contributed by atoms with Crippen LogP contribution < -0.4 is 0 Å². The number of hydrogen-bond donors (Lipinski definition) is 1. The van der Waals surface area contributed by atoms with E-state index in [1.54, 1.807) is 12.1 Å². The van der Waals surface area contributed by atoms with Gasteiger partial charge in [0, 0.05) is 11.6 Å². The van der Waals surface area contributed by atoms with Gasteiger partial charge < -0.3 is 5.11 Å². The molecule has 0 saturated heterocycles. The third-order valence-electron chi connectivity index (χ3n) is 3.22. The third-order valence-corrected chi connectivity index (χ3v) is 4.11. The van der Waals surface area contributed by atoms with E-state index >= 15 is 0 Å². The molecular formula is C15H12N4OS. The number of aromatic nitrogens is 3. The first-order valence-electron chi connectivity index (χ1n) is 6.28. The Kier molecular flexibility index (Phi) is 3.28. The van der Waals surface area contributed by atoms with E-state index in [0.717, 1.165) is 16.2 Å². The van der Waals surface area contributed by atoms with Crippen molar-refractivity contribution in [2.75, 3.05) is 6.26 Å². The molecule has 3 aromatic rings. The minimum Gasteiger partial charge on any atom is -0.492 e. The minimum atomic E-state index is 0.102. The van der Waals surface area contributed by atoms with Crippen molar-refractivity contribution in [1.82, 2.24) is 14.6 Å². The Hall–Kier alpha value is -2.52. The molecule has 2 heterocycles. The molecule has 0 aliphatic rings. The zero-order chi connectivity index (χ0) is 15.0. The fraction of sp³-hybridized carbons (Fsp3) is 0.133. The predicted octanol–water partition coefficient (Wildman–Crippen LogP) is 3.00. The van der Waals surface area contributed by atoms with Gasteiger partial charge in [-0.05, 0) is 25.3 Å². The zero-order valence-electron chi connectivity index (χ0n) is 11.5. The second-order valence-electron chi connectivity index (χ2n) is 4.54. The van der Waals surface area contributed by atoms with E-state index in [4.69, 9.17) is 5.26 Å². The van der Waals surface area contributed by atoms with Crippen LogP contribution in [0.1, 0.15) is 11.3 Å². The molecule has 21 heavy (non-hydrogen) atoms. The number of aryl methyl sites for hydroxylation is 1. The van der Waals surface area contributed by atoms with Gasteiger partial charge in [-0.1, -0.05) is 12.1 Å². The summed E-state index contributed by atoms with van der Waals surface area (Å²) in [6.45, 7) is 1.86. The molecule has 6 heteroatoms. The largest absolute Gasteiger partial charge is 0.492 e. The molecule has 5 nitrogen and oxygen atoms in total.